The summed E-state index contributed by atoms with van der Waals surface area (Å²) in [5.74, 6) is -0.600. The third kappa shape index (κ3) is 5.61. The molecule has 2 N–H and O–H groups in total. The summed E-state index contributed by atoms with van der Waals surface area (Å²) in [7, 11) is 0. The fourth-order valence-electron chi connectivity index (χ4n) is 3.94. The van der Waals surface area contributed by atoms with Crippen molar-refractivity contribution in [1.82, 2.24) is 14.9 Å². The molecule has 4 rings (SSSR count). The highest BCUT2D eigenvalue weighted by molar-refractivity contribution is 7.99. The van der Waals surface area contributed by atoms with E-state index < -0.39 is 0 Å². The van der Waals surface area contributed by atoms with Gasteiger partial charge < -0.3 is 10.6 Å². The molecule has 0 radical (unpaired) electrons. The van der Waals surface area contributed by atoms with Crippen LogP contribution in [0.2, 0.25) is 0 Å². The number of hydrogen-bond acceptors (Lipinski definition) is 7. The number of amides is 2. The van der Waals surface area contributed by atoms with Crippen LogP contribution >= 0.6 is 34.4 Å². The molecule has 0 spiro atoms. The average molecular weight is 539 g/mol. The van der Waals surface area contributed by atoms with Gasteiger partial charge in [0.15, 0.2) is 5.16 Å². The third-order valence-corrected chi connectivity index (χ3v) is 8.23. The number of nitrogens with one attached hydrogen (secondary N) is 2. The van der Waals surface area contributed by atoms with Crippen molar-refractivity contribution in [2.24, 2.45) is 0 Å². The van der Waals surface area contributed by atoms with Crippen molar-refractivity contribution in [3.63, 3.8) is 0 Å². The van der Waals surface area contributed by atoms with Crippen molar-refractivity contribution in [2.75, 3.05) is 17.6 Å². The van der Waals surface area contributed by atoms with Crippen molar-refractivity contribution in [1.29, 1.82) is 0 Å². The van der Waals surface area contributed by atoms with E-state index in [0.29, 0.717) is 15.4 Å². The lowest BCUT2D eigenvalue weighted by atomic mass is 10.1. The third-order valence-electron chi connectivity index (χ3n) is 5.48. The quantitative estimate of drug-likeness (QED) is 0.175. The molecule has 3 aromatic heterocycles. The molecule has 0 aliphatic heterocycles. The first-order chi connectivity index (χ1) is 17.3. The maximum absolute atomic E-state index is 13.3. The lowest BCUT2D eigenvalue weighted by Crippen LogP contribution is -2.34. The second-order valence-corrected chi connectivity index (χ2v) is 11.0. The van der Waals surface area contributed by atoms with E-state index in [1.807, 2.05) is 55.8 Å². The van der Waals surface area contributed by atoms with Crippen molar-refractivity contribution in [3.05, 3.63) is 74.7 Å². The molecule has 0 bridgehead atoms. The van der Waals surface area contributed by atoms with Crippen molar-refractivity contribution in [2.45, 2.75) is 32.5 Å². The Morgan fingerprint density at radius 3 is 2.58 bits per heavy atom. The van der Waals surface area contributed by atoms with Gasteiger partial charge in [0.1, 0.15) is 4.83 Å². The van der Waals surface area contributed by atoms with E-state index >= 15 is 0 Å². The van der Waals surface area contributed by atoms with Gasteiger partial charge in [0, 0.05) is 28.1 Å². The number of nitrogens with zero attached hydrogens (tertiary/aromatic N) is 2. The predicted octanol–water partition coefficient (Wildman–Crippen LogP) is 5.14. The molecule has 36 heavy (non-hydrogen) atoms. The van der Waals surface area contributed by atoms with E-state index in [0.717, 1.165) is 44.6 Å². The number of hydrogen-bond donors (Lipinski definition) is 2. The number of aryl methyl sites for hydroxylation is 3. The van der Waals surface area contributed by atoms with Crippen molar-refractivity contribution >= 4 is 62.2 Å². The molecular weight excluding hydrogens is 513 g/mol. The smallest absolute Gasteiger partial charge is 0.263 e. The van der Waals surface area contributed by atoms with Crippen molar-refractivity contribution < 1.29 is 9.59 Å². The molecule has 4 aromatic rings. The van der Waals surface area contributed by atoms with E-state index in [2.05, 4.69) is 22.2 Å². The second kappa shape index (κ2) is 11.2. The Kier molecular flexibility index (Phi) is 8.07. The van der Waals surface area contributed by atoms with Crippen LogP contribution in [0, 0.1) is 20.8 Å². The summed E-state index contributed by atoms with van der Waals surface area (Å²) in [6, 6.07) is 7.93. The number of rotatable bonds is 9. The van der Waals surface area contributed by atoms with Crippen LogP contribution in [0.4, 0.5) is 5.69 Å². The monoisotopic (exact) mass is 538 g/mol. The zero-order chi connectivity index (χ0) is 25.8. The van der Waals surface area contributed by atoms with E-state index in [-0.39, 0.29) is 36.2 Å². The minimum Gasteiger partial charge on any atom is -0.346 e. The standard InChI is InChI=1S/C26H26N4O3S3/c1-5-8-30-25(33)22-18(19-7-6-9-34-19)13-35-24(22)29-26(30)36-14-21(32)27-12-20(31)28-23-16(3)10-15(2)11-17(23)4/h5-7,9-11,13H,1,8,12,14H2,2-4H3,(H,27,32)(H,28,31). The van der Waals surface area contributed by atoms with Gasteiger partial charge in [0.05, 0.1) is 17.7 Å². The van der Waals surface area contributed by atoms with Crippen LogP contribution in [-0.4, -0.2) is 33.7 Å². The van der Waals surface area contributed by atoms with Gasteiger partial charge in [0.25, 0.3) is 5.56 Å². The van der Waals surface area contributed by atoms with Crippen LogP contribution in [0.5, 0.6) is 0 Å². The number of carbonyl (C=O) groups excluding carboxylic acids is 2. The lowest BCUT2D eigenvalue weighted by molar-refractivity contribution is -0.122. The molecule has 0 saturated heterocycles. The Balaban J connectivity index is 1.43. The van der Waals surface area contributed by atoms with E-state index in [1.165, 1.54) is 15.9 Å². The molecule has 3 heterocycles. The largest absolute Gasteiger partial charge is 0.346 e. The number of aromatic nitrogens is 2. The first-order valence-electron chi connectivity index (χ1n) is 11.2. The minimum absolute atomic E-state index is 0.0219. The molecule has 1 aromatic carbocycles. The zero-order valence-corrected chi connectivity index (χ0v) is 22.7. The maximum Gasteiger partial charge on any atom is 0.263 e. The molecule has 2 amide bonds. The minimum atomic E-state index is -0.322. The fourth-order valence-corrected chi connectivity index (χ4v) is 6.58. The molecule has 0 fully saturated rings. The average Bonchev–Trinajstić information content (AvgIpc) is 3.50. The SMILES string of the molecule is C=CCn1c(SCC(=O)NCC(=O)Nc2c(C)cc(C)cc2C)nc2scc(-c3cccs3)c2c1=O. The van der Waals surface area contributed by atoms with Gasteiger partial charge >= 0.3 is 0 Å². The van der Waals surface area contributed by atoms with Crippen LogP contribution in [0.25, 0.3) is 20.7 Å². The van der Waals surface area contributed by atoms with Gasteiger partial charge in [-0.15, -0.1) is 29.3 Å². The highest BCUT2D eigenvalue weighted by Crippen LogP contribution is 2.34. The molecule has 0 aliphatic rings. The first kappa shape index (κ1) is 25.9. The van der Waals surface area contributed by atoms with Crippen LogP contribution in [0.3, 0.4) is 0 Å². The van der Waals surface area contributed by atoms with Crippen LogP contribution in [-0.2, 0) is 16.1 Å². The predicted molar refractivity (Wildman–Crippen MR) is 150 cm³/mol. The molecule has 0 unspecified atom stereocenters. The zero-order valence-electron chi connectivity index (χ0n) is 20.2. The molecule has 186 valence electrons. The maximum atomic E-state index is 13.3. The summed E-state index contributed by atoms with van der Waals surface area (Å²) < 4.78 is 1.53. The lowest BCUT2D eigenvalue weighted by Gasteiger charge is -2.13. The number of thiophene rings is 2. The summed E-state index contributed by atoms with van der Waals surface area (Å²) in [6.07, 6.45) is 1.63. The summed E-state index contributed by atoms with van der Waals surface area (Å²) in [6.45, 7) is 9.78. The molecule has 0 atom stereocenters. The summed E-state index contributed by atoms with van der Waals surface area (Å²) in [5.41, 5.74) is 4.55. The van der Waals surface area contributed by atoms with Gasteiger partial charge in [-0.3, -0.25) is 19.0 Å². The van der Waals surface area contributed by atoms with Gasteiger partial charge in [-0.25, -0.2) is 4.98 Å². The number of fused-ring (bicyclic) bond motifs is 1. The Bertz CT molecular complexity index is 1480. The number of benzene rings is 1. The Hall–Kier alpha value is -3.21. The van der Waals surface area contributed by atoms with Gasteiger partial charge in [-0.2, -0.15) is 0 Å². The molecule has 10 heteroatoms. The van der Waals surface area contributed by atoms with Crippen LogP contribution in [0.1, 0.15) is 16.7 Å². The number of anilines is 1. The van der Waals surface area contributed by atoms with E-state index in [1.54, 1.807) is 17.4 Å². The fraction of sp³-hybridized carbons (Fsp3) is 0.231. The molecular formula is C26H26N4O3S3. The Labute approximate surface area is 221 Å². The van der Waals surface area contributed by atoms with Crippen LogP contribution < -0.4 is 16.2 Å². The van der Waals surface area contributed by atoms with Crippen molar-refractivity contribution in [3.8, 4) is 10.4 Å². The summed E-state index contributed by atoms with van der Waals surface area (Å²) in [4.78, 5) is 44.6. The summed E-state index contributed by atoms with van der Waals surface area (Å²) >= 11 is 4.14. The highest BCUT2D eigenvalue weighted by Gasteiger charge is 2.18. The van der Waals surface area contributed by atoms with Gasteiger partial charge in [-0.1, -0.05) is 41.6 Å². The topological polar surface area (TPSA) is 93.1 Å². The number of thioether (sulfide) groups is 1. The normalized spacial score (nSPS) is 11.0. The number of carbonyl (C=O) groups is 2. The Morgan fingerprint density at radius 1 is 1.17 bits per heavy atom. The van der Waals surface area contributed by atoms with Crippen LogP contribution in [0.15, 0.2) is 57.6 Å². The van der Waals surface area contributed by atoms with Gasteiger partial charge in [-0.05, 0) is 43.3 Å². The van der Waals surface area contributed by atoms with E-state index in [4.69, 9.17) is 0 Å². The molecule has 0 aliphatic carbocycles. The van der Waals surface area contributed by atoms with Gasteiger partial charge in [0.2, 0.25) is 11.8 Å². The highest BCUT2D eigenvalue weighted by atomic mass is 32.2. The van der Waals surface area contributed by atoms with E-state index in [9.17, 15) is 14.4 Å². The second-order valence-electron chi connectivity index (χ2n) is 8.29. The molecule has 7 nitrogen and oxygen atoms in total. The first-order valence-corrected chi connectivity index (χ1v) is 14.0. The number of allylic oxidation sites excluding steroid dienone is 1. The Morgan fingerprint density at radius 2 is 1.92 bits per heavy atom. The summed E-state index contributed by atoms with van der Waals surface area (Å²) in [5, 5.41) is 10.5. The molecule has 0 saturated carbocycles.